The molecule has 1 aromatic heterocycles. The molecule has 8 rings (SSSR count). The van der Waals surface area contributed by atoms with E-state index in [1.54, 1.807) is 18.9 Å². The number of oxime groups is 1. The molecule has 6 aromatic rings. The molecule has 45 heavy (non-hydrogen) atoms. The summed E-state index contributed by atoms with van der Waals surface area (Å²) in [5.74, 6) is 1.58. The minimum atomic E-state index is -0.915. The van der Waals surface area contributed by atoms with Crippen LogP contribution in [0.4, 0.5) is 5.69 Å². The number of pyridine rings is 1. The molecule has 5 aromatic carbocycles. The summed E-state index contributed by atoms with van der Waals surface area (Å²) in [6.45, 7) is 0. The number of methoxy groups -OCH3 is 1. The molecule has 7 heteroatoms. The van der Waals surface area contributed by atoms with Crippen LogP contribution in [0.1, 0.15) is 28.4 Å². The van der Waals surface area contributed by atoms with Gasteiger partial charge in [-0.05, 0) is 66.2 Å². The molecule has 0 amide bonds. The van der Waals surface area contributed by atoms with Crippen molar-refractivity contribution in [1.29, 1.82) is 0 Å². The minimum Gasteiger partial charge on any atom is -0.497 e. The molecule has 2 unspecified atom stereocenters. The van der Waals surface area contributed by atoms with Crippen molar-refractivity contribution in [2.24, 2.45) is 5.16 Å². The van der Waals surface area contributed by atoms with Gasteiger partial charge in [0.25, 0.3) is 0 Å². The third-order valence-electron chi connectivity index (χ3n) is 8.29. The first-order chi connectivity index (χ1) is 22.2. The third kappa shape index (κ3) is 5.02. The Kier molecular flexibility index (Phi) is 7.20. The maximum absolute atomic E-state index is 6.74. The standard InChI is InChI=1S/C38H29N3O2S2/c1-42-29-22-20-28(21-23-29)38-25-35(31-24-27-14-8-9-17-32(27)39-37(31)44-30-15-6-3-7-16-30)45-34-19-11-10-18-33(34)41(38)36(40-43-38)26-12-4-2-5-13-26/h2-24,35H,25H2,1H3. The molecular weight excluding hydrogens is 595 g/mol. The zero-order valence-corrected chi connectivity index (χ0v) is 26.2. The molecule has 0 spiro atoms. The largest absolute Gasteiger partial charge is 0.497 e. The van der Waals surface area contributed by atoms with E-state index in [-0.39, 0.29) is 5.25 Å². The average Bonchev–Trinajstić information content (AvgIpc) is 3.41. The highest BCUT2D eigenvalue weighted by molar-refractivity contribution is 8.00. The van der Waals surface area contributed by atoms with E-state index in [4.69, 9.17) is 19.7 Å². The Bertz CT molecular complexity index is 2020. The van der Waals surface area contributed by atoms with Gasteiger partial charge in [0.2, 0.25) is 5.72 Å². The molecule has 0 saturated carbocycles. The number of hydrogen-bond donors (Lipinski definition) is 0. The van der Waals surface area contributed by atoms with E-state index >= 15 is 0 Å². The summed E-state index contributed by atoms with van der Waals surface area (Å²) < 4.78 is 5.54. The molecule has 5 nitrogen and oxygen atoms in total. The lowest BCUT2D eigenvalue weighted by atomic mass is 9.92. The number of para-hydroxylation sites is 2. The van der Waals surface area contributed by atoms with Gasteiger partial charge in [-0.1, -0.05) is 95.8 Å². The number of aromatic nitrogens is 1. The van der Waals surface area contributed by atoms with Crippen LogP contribution in [0.25, 0.3) is 10.9 Å². The van der Waals surface area contributed by atoms with E-state index in [9.17, 15) is 0 Å². The van der Waals surface area contributed by atoms with Gasteiger partial charge in [-0.25, -0.2) is 4.98 Å². The van der Waals surface area contributed by atoms with Gasteiger partial charge >= 0.3 is 0 Å². The molecule has 3 heterocycles. The summed E-state index contributed by atoms with van der Waals surface area (Å²) in [6.07, 6.45) is 0.626. The zero-order chi connectivity index (χ0) is 30.2. The molecule has 2 aliphatic rings. The van der Waals surface area contributed by atoms with E-state index in [0.717, 1.165) is 54.1 Å². The van der Waals surface area contributed by atoms with Crippen molar-refractivity contribution in [1.82, 2.24) is 4.98 Å². The monoisotopic (exact) mass is 623 g/mol. The van der Waals surface area contributed by atoms with Gasteiger partial charge in [0.15, 0.2) is 5.84 Å². The van der Waals surface area contributed by atoms with Gasteiger partial charge in [-0.2, -0.15) is 0 Å². The first-order valence-corrected chi connectivity index (χ1v) is 16.6. The van der Waals surface area contributed by atoms with Crippen molar-refractivity contribution < 1.29 is 9.57 Å². The van der Waals surface area contributed by atoms with E-state index in [1.807, 2.05) is 54.2 Å². The van der Waals surface area contributed by atoms with Crippen molar-refractivity contribution >= 4 is 45.9 Å². The predicted octanol–water partition coefficient (Wildman–Crippen LogP) is 9.68. The van der Waals surface area contributed by atoms with Crippen LogP contribution in [-0.4, -0.2) is 17.9 Å². The topological polar surface area (TPSA) is 47.0 Å². The Hall–Kier alpha value is -4.72. The molecule has 0 radical (unpaired) electrons. The van der Waals surface area contributed by atoms with Crippen molar-refractivity contribution in [3.63, 3.8) is 0 Å². The summed E-state index contributed by atoms with van der Waals surface area (Å²) in [4.78, 5) is 16.6. The quantitative estimate of drug-likeness (QED) is 0.184. The summed E-state index contributed by atoms with van der Waals surface area (Å²) >= 11 is 3.57. The lowest BCUT2D eigenvalue weighted by Gasteiger charge is -2.38. The molecule has 0 aliphatic carbocycles. The van der Waals surface area contributed by atoms with Crippen LogP contribution in [-0.2, 0) is 10.6 Å². The van der Waals surface area contributed by atoms with Crippen LogP contribution < -0.4 is 9.64 Å². The second kappa shape index (κ2) is 11.7. The number of benzene rings is 5. The van der Waals surface area contributed by atoms with Gasteiger partial charge in [0.05, 0.1) is 18.3 Å². The number of fused-ring (bicyclic) bond motifs is 4. The molecular formula is C38H29N3O2S2. The fourth-order valence-electron chi connectivity index (χ4n) is 6.12. The number of thioether (sulfide) groups is 1. The Morgan fingerprint density at radius 2 is 1.53 bits per heavy atom. The van der Waals surface area contributed by atoms with Gasteiger partial charge in [-0.3, -0.25) is 4.90 Å². The maximum atomic E-state index is 6.74. The molecule has 2 atom stereocenters. The van der Waals surface area contributed by atoms with E-state index in [1.165, 1.54) is 5.56 Å². The predicted molar refractivity (Wildman–Crippen MR) is 183 cm³/mol. The fraction of sp³-hybridized carbons (Fsp3) is 0.105. The van der Waals surface area contributed by atoms with Gasteiger partial charge in [-0.15, -0.1) is 11.8 Å². The lowest BCUT2D eigenvalue weighted by molar-refractivity contribution is -0.0284. The van der Waals surface area contributed by atoms with Crippen LogP contribution in [0, 0.1) is 0 Å². The molecule has 2 aliphatic heterocycles. The van der Waals surface area contributed by atoms with E-state index in [2.05, 4.69) is 102 Å². The van der Waals surface area contributed by atoms with Crippen molar-refractivity contribution in [2.75, 3.05) is 12.0 Å². The first-order valence-electron chi connectivity index (χ1n) is 14.9. The highest BCUT2D eigenvalue weighted by Gasteiger charge is 2.53. The van der Waals surface area contributed by atoms with Crippen LogP contribution in [0.5, 0.6) is 5.75 Å². The summed E-state index contributed by atoms with van der Waals surface area (Å²) in [7, 11) is 1.69. The van der Waals surface area contributed by atoms with Gasteiger partial charge in [0.1, 0.15) is 10.8 Å². The summed E-state index contributed by atoms with van der Waals surface area (Å²) in [5, 5.41) is 6.94. The molecule has 220 valence electrons. The van der Waals surface area contributed by atoms with E-state index in [0.29, 0.717) is 6.42 Å². The second-order valence-electron chi connectivity index (χ2n) is 11.0. The van der Waals surface area contributed by atoms with Crippen LogP contribution in [0.15, 0.2) is 159 Å². The third-order valence-corrected chi connectivity index (χ3v) is 10.6. The number of nitrogens with zero attached hydrogens (tertiary/aromatic N) is 3. The Labute approximate surface area is 270 Å². The van der Waals surface area contributed by atoms with Crippen LogP contribution >= 0.6 is 23.5 Å². The Morgan fingerprint density at radius 1 is 0.822 bits per heavy atom. The summed E-state index contributed by atoms with van der Waals surface area (Å²) in [5.41, 5.74) is 4.31. The second-order valence-corrected chi connectivity index (χ2v) is 13.3. The molecule has 0 saturated heterocycles. The van der Waals surface area contributed by atoms with Crippen LogP contribution in [0.2, 0.25) is 0 Å². The number of hydrogen-bond acceptors (Lipinski definition) is 7. The Balaban J connectivity index is 1.34. The number of rotatable bonds is 6. The smallest absolute Gasteiger partial charge is 0.242 e. The number of anilines is 1. The first kappa shape index (κ1) is 27.8. The summed E-state index contributed by atoms with van der Waals surface area (Å²) in [6, 6.07) is 48.2. The van der Waals surface area contributed by atoms with E-state index < -0.39 is 5.72 Å². The zero-order valence-electron chi connectivity index (χ0n) is 24.5. The molecule has 0 bridgehead atoms. The maximum Gasteiger partial charge on any atom is 0.242 e. The van der Waals surface area contributed by atoms with Gasteiger partial charge < -0.3 is 9.57 Å². The molecule has 0 N–H and O–H groups in total. The van der Waals surface area contributed by atoms with Crippen LogP contribution in [0.3, 0.4) is 0 Å². The van der Waals surface area contributed by atoms with Crippen molar-refractivity contribution in [2.45, 2.75) is 32.2 Å². The normalized spacial score (nSPS) is 18.8. The van der Waals surface area contributed by atoms with Crippen molar-refractivity contribution in [3.05, 3.63) is 156 Å². The molecule has 0 fully saturated rings. The lowest BCUT2D eigenvalue weighted by Crippen LogP contribution is -2.47. The minimum absolute atomic E-state index is 0.00751. The highest BCUT2D eigenvalue weighted by Crippen LogP contribution is 2.57. The number of amidine groups is 1. The fourth-order valence-corrected chi connectivity index (χ4v) is 8.53. The van der Waals surface area contributed by atoms with Gasteiger partial charge in [0, 0.05) is 38.0 Å². The SMILES string of the molecule is COc1ccc(C23CC(c4cc5ccccc5nc4Sc4ccccc4)Sc4ccccc4N2C(c2ccccc2)=NO3)cc1. The average molecular weight is 624 g/mol. The number of ether oxygens (including phenoxy) is 1. The highest BCUT2D eigenvalue weighted by atomic mass is 32.2. The Morgan fingerprint density at radius 3 is 2.33 bits per heavy atom. The van der Waals surface area contributed by atoms with Crippen molar-refractivity contribution in [3.8, 4) is 5.75 Å².